The number of hydrogen-bond acceptors (Lipinski definition) is 6. The van der Waals surface area contributed by atoms with Crippen molar-refractivity contribution in [2.75, 3.05) is 20.8 Å². The van der Waals surface area contributed by atoms with E-state index in [-0.39, 0.29) is 18.0 Å². The van der Waals surface area contributed by atoms with Crippen molar-refractivity contribution in [2.45, 2.75) is 25.9 Å². The summed E-state index contributed by atoms with van der Waals surface area (Å²) in [7, 11) is 3.14. The van der Waals surface area contributed by atoms with Crippen LogP contribution in [0.1, 0.15) is 29.9 Å². The smallest absolute Gasteiger partial charge is 0.176 e. The number of Topliss-reactive ketones (excluding diaryl/α,β-unsaturated/α-hetero) is 1. The van der Waals surface area contributed by atoms with Gasteiger partial charge < -0.3 is 19.3 Å². The van der Waals surface area contributed by atoms with Crippen LogP contribution in [0.15, 0.2) is 30.5 Å². The van der Waals surface area contributed by atoms with Crippen LogP contribution in [0, 0.1) is 0 Å². The van der Waals surface area contributed by atoms with Gasteiger partial charge in [-0.2, -0.15) is 0 Å². The largest absolute Gasteiger partial charge is 0.496 e. The van der Waals surface area contributed by atoms with Crippen molar-refractivity contribution in [3.63, 3.8) is 0 Å². The quantitative estimate of drug-likeness (QED) is 0.579. The average Bonchev–Trinajstić information content (AvgIpc) is 2.96. The zero-order valence-electron chi connectivity index (χ0n) is 14.3. The Morgan fingerprint density at radius 2 is 1.88 bits per heavy atom. The van der Waals surface area contributed by atoms with E-state index >= 15 is 0 Å². The van der Waals surface area contributed by atoms with Gasteiger partial charge in [-0.3, -0.25) is 4.79 Å². The summed E-state index contributed by atoms with van der Waals surface area (Å²) in [6.45, 7) is 7.42. The Morgan fingerprint density at radius 3 is 2.46 bits per heavy atom. The van der Waals surface area contributed by atoms with Crippen molar-refractivity contribution < 1.29 is 24.1 Å². The van der Waals surface area contributed by atoms with Crippen LogP contribution in [0.4, 0.5) is 0 Å². The molecule has 1 N–H and O–H groups in total. The number of carbonyl (C=O) groups is 1. The standard InChI is InChI=1S/C18H22O5S/c1-6-23-11(2)18(3,20)10-13(19)17-8-12-7-14(21-4)15(22-5)9-16(12)24-17/h7-9,20H,2,6,10H2,1,3-5H3. The molecule has 1 unspecified atom stereocenters. The van der Waals surface area contributed by atoms with E-state index in [4.69, 9.17) is 14.2 Å². The lowest BCUT2D eigenvalue weighted by molar-refractivity contribution is 0.0227. The minimum Gasteiger partial charge on any atom is -0.496 e. The van der Waals surface area contributed by atoms with E-state index in [9.17, 15) is 9.90 Å². The van der Waals surface area contributed by atoms with Crippen LogP contribution in [0.5, 0.6) is 11.5 Å². The molecule has 0 fully saturated rings. The molecule has 1 atom stereocenters. The maximum atomic E-state index is 12.5. The van der Waals surface area contributed by atoms with Crippen molar-refractivity contribution in [2.24, 2.45) is 0 Å². The molecule has 0 saturated carbocycles. The van der Waals surface area contributed by atoms with Crippen LogP contribution >= 0.6 is 11.3 Å². The number of ether oxygens (including phenoxy) is 3. The summed E-state index contributed by atoms with van der Waals surface area (Å²) >= 11 is 1.35. The number of hydrogen-bond donors (Lipinski definition) is 1. The number of thiophene rings is 1. The number of methoxy groups -OCH3 is 2. The van der Waals surface area contributed by atoms with Gasteiger partial charge in [0.05, 0.1) is 25.7 Å². The Hall–Kier alpha value is -2.05. The van der Waals surface area contributed by atoms with Crippen molar-refractivity contribution >= 4 is 27.2 Å². The fourth-order valence-electron chi connectivity index (χ4n) is 2.33. The molecule has 0 aliphatic carbocycles. The second-order valence-corrected chi connectivity index (χ2v) is 6.67. The molecule has 0 radical (unpaired) electrons. The van der Waals surface area contributed by atoms with E-state index in [2.05, 4.69) is 6.58 Å². The lowest BCUT2D eigenvalue weighted by Gasteiger charge is -2.24. The predicted molar refractivity (Wildman–Crippen MR) is 95.3 cm³/mol. The lowest BCUT2D eigenvalue weighted by Crippen LogP contribution is -2.31. The summed E-state index contributed by atoms with van der Waals surface area (Å²) in [5, 5.41) is 11.3. The van der Waals surface area contributed by atoms with Crippen molar-refractivity contribution in [1.29, 1.82) is 0 Å². The summed E-state index contributed by atoms with van der Waals surface area (Å²) in [5.41, 5.74) is -1.40. The molecule has 0 spiro atoms. The van der Waals surface area contributed by atoms with Crippen LogP contribution < -0.4 is 9.47 Å². The SMILES string of the molecule is C=C(OCC)C(C)(O)CC(=O)c1cc2cc(OC)c(OC)cc2s1. The molecule has 6 heteroatoms. The van der Waals surface area contributed by atoms with Crippen molar-refractivity contribution in [1.82, 2.24) is 0 Å². The first kappa shape index (κ1) is 18.3. The van der Waals surface area contributed by atoms with Gasteiger partial charge in [-0.1, -0.05) is 6.58 Å². The summed E-state index contributed by atoms with van der Waals surface area (Å²) in [6.07, 6.45) is -0.0904. The topological polar surface area (TPSA) is 65.0 Å². The Kier molecular flexibility index (Phi) is 5.51. The number of benzene rings is 1. The van der Waals surface area contributed by atoms with E-state index in [1.807, 2.05) is 12.1 Å². The predicted octanol–water partition coefficient (Wildman–Crippen LogP) is 3.79. The first-order valence-corrected chi connectivity index (χ1v) is 8.37. The van der Waals surface area contributed by atoms with E-state index in [0.717, 1.165) is 10.1 Å². The maximum absolute atomic E-state index is 12.5. The van der Waals surface area contributed by atoms with Gasteiger partial charge in [0.1, 0.15) is 11.4 Å². The number of carbonyl (C=O) groups excluding carboxylic acids is 1. The van der Waals surface area contributed by atoms with E-state index in [1.54, 1.807) is 27.2 Å². The molecule has 24 heavy (non-hydrogen) atoms. The van der Waals surface area contributed by atoms with Gasteiger partial charge in [-0.05, 0) is 31.4 Å². The number of rotatable bonds is 8. The summed E-state index contributed by atoms with van der Waals surface area (Å²) < 4.78 is 16.7. The first-order chi connectivity index (χ1) is 11.3. The maximum Gasteiger partial charge on any atom is 0.176 e. The van der Waals surface area contributed by atoms with E-state index < -0.39 is 5.60 Å². The summed E-state index contributed by atoms with van der Waals surface area (Å²) in [5.74, 6) is 1.25. The minimum atomic E-state index is -1.40. The lowest BCUT2D eigenvalue weighted by atomic mass is 9.97. The molecule has 0 saturated heterocycles. The first-order valence-electron chi connectivity index (χ1n) is 7.55. The summed E-state index contributed by atoms with van der Waals surface area (Å²) in [6, 6.07) is 5.47. The molecular formula is C18H22O5S. The van der Waals surface area contributed by atoms with Crippen LogP contribution in [0.2, 0.25) is 0 Å². The van der Waals surface area contributed by atoms with Gasteiger partial charge in [0, 0.05) is 17.2 Å². The van der Waals surface area contributed by atoms with Crippen LogP contribution in [-0.4, -0.2) is 37.3 Å². The monoisotopic (exact) mass is 350 g/mol. The second-order valence-electron chi connectivity index (χ2n) is 5.59. The molecule has 130 valence electrons. The van der Waals surface area contributed by atoms with Crippen molar-refractivity contribution in [3.05, 3.63) is 35.4 Å². The van der Waals surface area contributed by atoms with Gasteiger partial charge in [-0.15, -0.1) is 11.3 Å². The van der Waals surface area contributed by atoms with Crippen molar-refractivity contribution in [3.8, 4) is 11.5 Å². The van der Waals surface area contributed by atoms with Gasteiger partial charge in [0.2, 0.25) is 0 Å². The average molecular weight is 350 g/mol. The Labute approximate surface area is 145 Å². The molecule has 2 aromatic rings. The van der Waals surface area contributed by atoms with Gasteiger partial charge in [0.15, 0.2) is 17.3 Å². The molecule has 1 aromatic heterocycles. The third kappa shape index (κ3) is 3.71. The van der Waals surface area contributed by atoms with E-state index in [0.29, 0.717) is 23.0 Å². The molecular weight excluding hydrogens is 328 g/mol. The zero-order chi connectivity index (χ0) is 17.9. The van der Waals surface area contributed by atoms with Crippen LogP contribution in [-0.2, 0) is 4.74 Å². The highest BCUT2D eigenvalue weighted by molar-refractivity contribution is 7.20. The van der Waals surface area contributed by atoms with Crippen LogP contribution in [0.3, 0.4) is 0 Å². The fraction of sp³-hybridized carbons (Fsp3) is 0.389. The van der Waals surface area contributed by atoms with Gasteiger partial charge in [0.25, 0.3) is 0 Å². The number of fused-ring (bicyclic) bond motifs is 1. The normalized spacial score (nSPS) is 13.4. The van der Waals surface area contributed by atoms with Gasteiger partial charge in [-0.25, -0.2) is 0 Å². The molecule has 0 aliphatic rings. The van der Waals surface area contributed by atoms with Crippen LogP contribution in [0.25, 0.3) is 10.1 Å². The third-order valence-corrected chi connectivity index (χ3v) is 4.86. The molecule has 2 rings (SSSR count). The summed E-state index contributed by atoms with van der Waals surface area (Å²) in [4.78, 5) is 13.1. The molecule has 0 aliphatic heterocycles. The zero-order valence-corrected chi connectivity index (χ0v) is 15.2. The van der Waals surface area contributed by atoms with Gasteiger partial charge >= 0.3 is 0 Å². The Morgan fingerprint density at radius 1 is 1.25 bits per heavy atom. The Bertz CT molecular complexity index is 719. The fourth-order valence-corrected chi connectivity index (χ4v) is 3.34. The minimum absolute atomic E-state index is 0.0904. The third-order valence-electron chi connectivity index (χ3n) is 3.72. The van der Waals surface area contributed by atoms with E-state index in [1.165, 1.54) is 18.3 Å². The molecule has 0 amide bonds. The second kappa shape index (κ2) is 7.23. The highest BCUT2D eigenvalue weighted by Gasteiger charge is 2.30. The highest BCUT2D eigenvalue weighted by atomic mass is 32.1. The highest BCUT2D eigenvalue weighted by Crippen LogP contribution is 2.37. The molecule has 1 heterocycles. The number of aliphatic hydroxyl groups is 1. The molecule has 5 nitrogen and oxygen atoms in total. The molecule has 1 aromatic carbocycles. The Balaban J connectivity index is 2.28. The number of ketones is 1. The molecule has 0 bridgehead atoms.